The molecule has 0 saturated carbocycles. The Labute approximate surface area is 125 Å². The van der Waals surface area contributed by atoms with Crippen molar-refractivity contribution in [2.75, 3.05) is 12.4 Å². The Morgan fingerprint density at radius 3 is 2.55 bits per heavy atom. The molecule has 2 aromatic rings. The number of benzene rings is 1. The summed E-state index contributed by atoms with van der Waals surface area (Å²) >= 11 is 12.0. The van der Waals surface area contributed by atoms with Gasteiger partial charge in [-0.05, 0) is 19.1 Å². The van der Waals surface area contributed by atoms with Crippen LogP contribution in [0, 0.1) is 0 Å². The lowest BCUT2D eigenvalue weighted by molar-refractivity contribution is -0.119. The second kappa shape index (κ2) is 6.11. The first-order valence-corrected chi connectivity index (χ1v) is 6.46. The predicted octanol–water partition coefficient (Wildman–Crippen LogP) is 2.79. The van der Waals surface area contributed by atoms with Crippen molar-refractivity contribution in [1.82, 2.24) is 14.8 Å². The van der Waals surface area contributed by atoms with Crippen LogP contribution in [0.4, 0.5) is 5.69 Å². The monoisotopic (exact) mass is 314 g/mol. The van der Waals surface area contributed by atoms with Crippen LogP contribution >= 0.6 is 23.2 Å². The highest BCUT2D eigenvalue weighted by Crippen LogP contribution is 2.35. The Kier molecular flexibility index (Phi) is 4.46. The number of halogens is 2. The van der Waals surface area contributed by atoms with E-state index >= 15 is 0 Å². The van der Waals surface area contributed by atoms with Crippen molar-refractivity contribution in [3.63, 3.8) is 0 Å². The van der Waals surface area contributed by atoms with Crippen molar-refractivity contribution < 1.29 is 9.53 Å². The number of carbonyl (C=O) groups excluding carboxylic acids is 1. The van der Waals surface area contributed by atoms with Gasteiger partial charge in [-0.15, -0.1) is 0 Å². The van der Waals surface area contributed by atoms with E-state index in [1.54, 1.807) is 19.1 Å². The Hall–Kier alpha value is -1.79. The van der Waals surface area contributed by atoms with Crippen LogP contribution in [0.2, 0.25) is 10.0 Å². The molecule has 8 heteroatoms. The zero-order chi connectivity index (χ0) is 14.7. The number of nitrogens with one attached hydrogen (secondary N) is 1. The Morgan fingerprint density at radius 2 is 2.05 bits per heavy atom. The minimum absolute atomic E-state index is 0.257. The van der Waals surface area contributed by atoms with Crippen molar-refractivity contribution in [2.24, 2.45) is 0 Å². The van der Waals surface area contributed by atoms with E-state index in [4.69, 9.17) is 27.9 Å². The Bertz CT molecular complexity index is 593. The normalized spacial score (nSPS) is 12.0. The summed E-state index contributed by atoms with van der Waals surface area (Å²) in [5, 5.41) is 7.27. The van der Waals surface area contributed by atoms with Crippen LogP contribution < -0.4 is 10.1 Å². The molecule has 1 atom stereocenters. The highest BCUT2D eigenvalue weighted by atomic mass is 35.5. The molecule has 0 spiro atoms. The summed E-state index contributed by atoms with van der Waals surface area (Å²) in [4.78, 5) is 15.9. The zero-order valence-corrected chi connectivity index (χ0v) is 12.3. The standard InChI is InChI=1S/C12H12Cl2N4O2/c1-7(18-6-15-5-16-18)12(19)17-8-3-9(13)11(20-2)10(14)4-8/h3-7H,1-2H3,(H,17,19)/t7-/m1/s1. The van der Waals surface area contributed by atoms with Gasteiger partial charge in [0, 0.05) is 5.69 Å². The summed E-state index contributed by atoms with van der Waals surface area (Å²) in [6.45, 7) is 1.71. The maximum absolute atomic E-state index is 12.1. The van der Waals surface area contributed by atoms with Gasteiger partial charge in [0.1, 0.15) is 18.7 Å². The van der Waals surface area contributed by atoms with E-state index in [-0.39, 0.29) is 5.91 Å². The molecular weight excluding hydrogens is 303 g/mol. The molecule has 1 amide bonds. The molecule has 1 aromatic carbocycles. The van der Waals surface area contributed by atoms with Gasteiger partial charge in [-0.2, -0.15) is 5.10 Å². The van der Waals surface area contributed by atoms with Crippen LogP contribution in [0.25, 0.3) is 0 Å². The van der Waals surface area contributed by atoms with E-state index in [9.17, 15) is 4.79 Å². The number of aromatic nitrogens is 3. The van der Waals surface area contributed by atoms with E-state index in [1.165, 1.54) is 24.4 Å². The van der Waals surface area contributed by atoms with Gasteiger partial charge in [0.25, 0.3) is 0 Å². The van der Waals surface area contributed by atoms with E-state index in [2.05, 4.69) is 15.4 Å². The van der Waals surface area contributed by atoms with E-state index in [0.717, 1.165) is 0 Å². The van der Waals surface area contributed by atoms with Gasteiger partial charge in [0.05, 0.1) is 17.2 Å². The lowest BCUT2D eigenvalue weighted by Gasteiger charge is -2.13. The largest absolute Gasteiger partial charge is 0.494 e. The first kappa shape index (κ1) is 14.6. The fraction of sp³-hybridized carbons (Fsp3) is 0.250. The van der Waals surface area contributed by atoms with Crippen LogP contribution in [0.15, 0.2) is 24.8 Å². The van der Waals surface area contributed by atoms with E-state index in [1.807, 2.05) is 0 Å². The molecule has 1 N–H and O–H groups in total. The number of anilines is 1. The summed E-state index contributed by atoms with van der Waals surface area (Å²) in [5.74, 6) is 0.114. The molecule has 0 unspecified atom stereocenters. The molecule has 0 radical (unpaired) electrons. The third kappa shape index (κ3) is 3.02. The molecule has 1 aromatic heterocycles. The number of methoxy groups -OCH3 is 1. The molecule has 2 rings (SSSR count). The number of ether oxygens (including phenoxy) is 1. The van der Waals surface area contributed by atoms with Gasteiger partial charge in [-0.1, -0.05) is 23.2 Å². The van der Waals surface area contributed by atoms with Crippen molar-refractivity contribution in [2.45, 2.75) is 13.0 Å². The van der Waals surface area contributed by atoms with Crippen molar-refractivity contribution in [1.29, 1.82) is 0 Å². The average Bonchev–Trinajstić information content (AvgIpc) is 2.91. The minimum atomic E-state index is -0.503. The van der Waals surface area contributed by atoms with Crippen molar-refractivity contribution >= 4 is 34.8 Å². The predicted molar refractivity (Wildman–Crippen MR) is 76.4 cm³/mol. The van der Waals surface area contributed by atoms with Gasteiger partial charge in [0.15, 0.2) is 5.75 Å². The summed E-state index contributed by atoms with van der Waals surface area (Å²) in [7, 11) is 1.47. The smallest absolute Gasteiger partial charge is 0.249 e. The highest BCUT2D eigenvalue weighted by molar-refractivity contribution is 6.37. The summed E-state index contributed by atoms with van der Waals surface area (Å²) < 4.78 is 6.49. The summed E-state index contributed by atoms with van der Waals surface area (Å²) in [6.07, 6.45) is 2.84. The average molecular weight is 315 g/mol. The van der Waals surface area contributed by atoms with Crippen LogP contribution in [-0.4, -0.2) is 27.8 Å². The molecular formula is C12H12Cl2N4O2. The van der Waals surface area contributed by atoms with Crippen LogP contribution in [0.5, 0.6) is 5.75 Å². The first-order valence-electron chi connectivity index (χ1n) is 5.71. The number of hydrogen-bond acceptors (Lipinski definition) is 4. The summed E-state index contributed by atoms with van der Waals surface area (Å²) in [5.41, 5.74) is 0.484. The lowest BCUT2D eigenvalue weighted by Crippen LogP contribution is -2.24. The zero-order valence-electron chi connectivity index (χ0n) is 10.8. The molecule has 0 aliphatic carbocycles. The number of hydrogen-bond donors (Lipinski definition) is 1. The number of nitrogens with zero attached hydrogens (tertiary/aromatic N) is 3. The fourth-order valence-corrected chi connectivity index (χ4v) is 2.25. The van der Waals surface area contributed by atoms with Crippen LogP contribution in [0.3, 0.4) is 0 Å². The van der Waals surface area contributed by atoms with E-state index < -0.39 is 6.04 Å². The highest BCUT2D eigenvalue weighted by Gasteiger charge is 2.17. The number of carbonyl (C=O) groups is 1. The molecule has 20 heavy (non-hydrogen) atoms. The Balaban J connectivity index is 2.16. The summed E-state index contributed by atoms with van der Waals surface area (Å²) in [6, 6.07) is 2.63. The van der Waals surface area contributed by atoms with Gasteiger partial charge in [-0.25, -0.2) is 9.67 Å². The molecule has 0 aliphatic heterocycles. The second-order valence-electron chi connectivity index (χ2n) is 4.01. The molecule has 6 nitrogen and oxygen atoms in total. The molecule has 1 heterocycles. The maximum Gasteiger partial charge on any atom is 0.249 e. The topological polar surface area (TPSA) is 69.0 Å². The first-order chi connectivity index (χ1) is 9.52. The molecule has 106 valence electrons. The second-order valence-corrected chi connectivity index (χ2v) is 4.83. The van der Waals surface area contributed by atoms with Gasteiger partial charge in [0.2, 0.25) is 5.91 Å². The Morgan fingerprint density at radius 1 is 1.40 bits per heavy atom. The van der Waals surface area contributed by atoms with Crippen LogP contribution in [0.1, 0.15) is 13.0 Å². The molecule has 0 fully saturated rings. The lowest BCUT2D eigenvalue weighted by atomic mass is 10.2. The third-order valence-corrected chi connectivity index (χ3v) is 3.24. The number of amides is 1. The van der Waals surface area contributed by atoms with Gasteiger partial charge >= 0.3 is 0 Å². The minimum Gasteiger partial charge on any atom is -0.494 e. The third-order valence-electron chi connectivity index (χ3n) is 2.68. The SMILES string of the molecule is COc1c(Cl)cc(NC(=O)[C@@H](C)n2cncn2)cc1Cl. The van der Waals surface area contributed by atoms with E-state index in [0.29, 0.717) is 21.5 Å². The number of rotatable bonds is 4. The molecule has 0 aliphatic rings. The van der Waals surface area contributed by atoms with Gasteiger partial charge < -0.3 is 10.1 Å². The quantitative estimate of drug-likeness (QED) is 0.942. The fourth-order valence-electron chi connectivity index (χ4n) is 1.61. The molecule has 0 saturated heterocycles. The van der Waals surface area contributed by atoms with Crippen molar-refractivity contribution in [3.8, 4) is 5.75 Å². The maximum atomic E-state index is 12.1. The van der Waals surface area contributed by atoms with Crippen molar-refractivity contribution in [3.05, 3.63) is 34.8 Å². The molecule has 0 bridgehead atoms. The van der Waals surface area contributed by atoms with Gasteiger partial charge in [-0.3, -0.25) is 4.79 Å². The van der Waals surface area contributed by atoms with Crippen LogP contribution in [-0.2, 0) is 4.79 Å².